The predicted molar refractivity (Wildman–Crippen MR) is 103 cm³/mol. The molecule has 0 aliphatic carbocycles. The van der Waals surface area contributed by atoms with E-state index in [1.807, 2.05) is 0 Å². The number of hydrogen-bond acceptors (Lipinski definition) is 3. The third kappa shape index (κ3) is 5.15. The molecule has 6 nitrogen and oxygen atoms in total. The molecule has 8 heteroatoms. The third-order valence-corrected chi connectivity index (χ3v) is 5.27. The van der Waals surface area contributed by atoms with Crippen LogP contribution in [0.15, 0.2) is 35.1 Å². The SMILES string of the molecule is Cn1cc(C(=O)NC2CCN(C(=O)CCc3ccc(Br)cc3F)CC2)cn1. The molecule has 1 fully saturated rings. The lowest BCUT2D eigenvalue weighted by Crippen LogP contribution is -2.46. The Morgan fingerprint density at radius 1 is 1.33 bits per heavy atom. The zero-order valence-corrected chi connectivity index (χ0v) is 16.7. The molecule has 0 atom stereocenters. The summed E-state index contributed by atoms with van der Waals surface area (Å²) in [5.41, 5.74) is 1.08. The summed E-state index contributed by atoms with van der Waals surface area (Å²) in [5.74, 6) is -0.415. The first kappa shape index (κ1) is 19.5. The van der Waals surface area contributed by atoms with Gasteiger partial charge in [0.25, 0.3) is 5.91 Å². The Kier molecular flexibility index (Phi) is 6.26. The largest absolute Gasteiger partial charge is 0.349 e. The van der Waals surface area contributed by atoms with E-state index in [1.165, 1.54) is 12.3 Å². The van der Waals surface area contributed by atoms with Gasteiger partial charge in [0.05, 0.1) is 11.8 Å². The van der Waals surface area contributed by atoms with E-state index in [0.717, 1.165) is 0 Å². The van der Waals surface area contributed by atoms with Crippen LogP contribution in [0, 0.1) is 5.82 Å². The van der Waals surface area contributed by atoms with E-state index >= 15 is 0 Å². The van der Waals surface area contributed by atoms with E-state index < -0.39 is 0 Å². The van der Waals surface area contributed by atoms with Crippen molar-refractivity contribution >= 4 is 27.7 Å². The molecule has 2 heterocycles. The van der Waals surface area contributed by atoms with Gasteiger partial charge in [-0.05, 0) is 37.0 Å². The number of likely N-dealkylation sites (tertiary alicyclic amines) is 1. The predicted octanol–water partition coefficient (Wildman–Crippen LogP) is 2.68. The molecular weight excluding hydrogens is 415 g/mol. The van der Waals surface area contributed by atoms with Crippen LogP contribution in [0.3, 0.4) is 0 Å². The molecule has 1 aromatic carbocycles. The Balaban J connectivity index is 1.44. The minimum atomic E-state index is -0.297. The van der Waals surface area contributed by atoms with Crippen molar-refractivity contribution in [2.45, 2.75) is 31.7 Å². The number of carbonyl (C=O) groups is 2. The van der Waals surface area contributed by atoms with Crippen molar-refractivity contribution in [1.29, 1.82) is 0 Å². The summed E-state index contributed by atoms with van der Waals surface area (Å²) in [6.45, 7) is 1.19. The van der Waals surface area contributed by atoms with E-state index in [-0.39, 0.29) is 30.1 Å². The standard InChI is InChI=1S/C19H22BrFN4O2/c1-24-12-14(11-22-24)19(27)23-16-6-8-25(9-7-16)18(26)5-3-13-2-4-15(20)10-17(13)21/h2,4,10-12,16H,3,5-9H2,1H3,(H,23,27). The summed E-state index contributed by atoms with van der Waals surface area (Å²) in [6.07, 6.45) is 5.31. The fraction of sp³-hybridized carbons (Fsp3) is 0.421. The van der Waals surface area contributed by atoms with Gasteiger partial charge in [-0.2, -0.15) is 5.10 Å². The van der Waals surface area contributed by atoms with Gasteiger partial charge < -0.3 is 10.2 Å². The number of halogens is 2. The van der Waals surface area contributed by atoms with Crippen molar-refractivity contribution in [2.24, 2.45) is 7.05 Å². The lowest BCUT2D eigenvalue weighted by atomic mass is 10.0. The summed E-state index contributed by atoms with van der Waals surface area (Å²) < 4.78 is 16.1. The first-order valence-corrected chi connectivity index (χ1v) is 9.73. The van der Waals surface area contributed by atoms with Crippen molar-refractivity contribution in [3.63, 3.8) is 0 Å². The second-order valence-corrected chi connectivity index (χ2v) is 7.68. The van der Waals surface area contributed by atoms with Gasteiger partial charge in [-0.3, -0.25) is 14.3 Å². The Morgan fingerprint density at radius 2 is 2.07 bits per heavy atom. The molecule has 2 amide bonds. The van der Waals surface area contributed by atoms with Gasteiger partial charge in [0.1, 0.15) is 5.82 Å². The Hall–Kier alpha value is -2.22. The number of amides is 2. The van der Waals surface area contributed by atoms with Crippen LogP contribution in [0.25, 0.3) is 0 Å². The van der Waals surface area contributed by atoms with E-state index in [9.17, 15) is 14.0 Å². The second kappa shape index (κ2) is 8.65. The summed E-state index contributed by atoms with van der Waals surface area (Å²) >= 11 is 3.23. The fourth-order valence-electron chi connectivity index (χ4n) is 3.20. The molecule has 144 valence electrons. The summed E-state index contributed by atoms with van der Waals surface area (Å²) in [4.78, 5) is 26.4. The third-order valence-electron chi connectivity index (χ3n) is 4.77. The van der Waals surface area contributed by atoms with E-state index in [4.69, 9.17) is 0 Å². The Labute approximate surface area is 165 Å². The smallest absolute Gasteiger partial charge is 0.254 e. The quantitative estimate of drug-likeness (QED) is 0.783. The van der Waals surface area contributed by atoms with Gasteiger partial charge in [0, 0.05) is 43.3 Å². The summed E-state index contributed by atoms with van der Waals surface area (Å²) in [7, 11) is 1.76. The molecule has 1 aliphatic rings. The van der Waals surface area contributed by atoms with Crippen molar-refractivity contribution < 1.29 is 14.0 Å². The minimum Gasteiger partial charge on any atom is -0.349 e. The number of hydrogen-bond donors (Lipinski definition) is 1. The van der Waals surface area contributed by atoms with E-state index in [0.29, 0.717) is 48.0 Å². The maximum atomic E-state index is 13.9. The van der Waals surface area contributed by atoms with Crippen molar-refractivity contribution in [1.82, 2.24) is 20.0 Å². The first-order chi connectivity index (χ1) is 12.9. The topological polar surface area (TPSA) is 67.2 Å². The van der Waals surface area contributed by atoms with Gasteiger partial charge in [-0.1, -0.05) is 22.0 Å². The molecule has 27 heavy (non-hydrogen) atoms. The maximum absolute atomic E-state index is 13.9. The highest BCUT2D eigenvalue weighted by Crippen LogP contribution is 2.18. The Bertz CT molecular complexity index is 831. The van der Waals surface area contributed by atoms with Gasteiger partial charge in [-0.25, -0.2) is 4.39 Å². The molecule has 0 bridgehead atoms. The monoisotopic (exact) mass is 436 g/mol. The van der Waals surface area contributed by atoms with Gasteiger partial charge >= 0.3 is 0 Å². The van der Waals surface area contributed by atoms with Crippen LogP contribution >= 0.6 is 15.9 Å². The minimum absolute atomic E-state index is 0.0226. The van der Waals surface area contributed by atoms with E-state index in [1.54, 1.807) is 35.0 Å². The van der Waals surface area contributed by atoms with Crippen LogP contribution in [-0.4, -0.2) is 45.6 Å². The molecular formula is C19H22BrFN4O2. The highest BCUT2D eigenvalue weighted by atomic mass is 79.9. The van der Waals surface area contributed by atoms with Crippen molar-refractivity contribution in [2.75, 3.05) is 13.1 Å². The number of nitrogens with zero attached hydrogens (tertiary/aromatic N) is 3. The van der Waals surface area contributed by atoms with Crippen molar-refractivity contribution in [3.05, 3.63) is 52.0 Å². The normalized spacial score (nSPS) is 15.0. The molecule has 1 aromatic heterocycles. The number of rotatable bonds is 5. The Morgan fingerprint density at radius 3 is 2.70 bits per heavy atom. The van der Waals surface area contributed by atoms with Gasteiger partial charge in [-0.15, -0.1) is 0 Å². The molecule has 0 unspecified atom stereocenters. The van der Waals surface area contributed by atoms with Crippen LogP contribution in [0.2, 0.25) is 0 Å². The van der Waals surface area contributed by atoms with Crippen LogP contribution in [-0.2, 0) is 18.3 Å². The van der Waals surface area contributed by atoms with Crippen LogP contribution in [0.1, 0.15) is 35.2 Å². The van der Waals surface area contributed by atoms with Gasteiger partial charge in [0.2, 0.25) is 5.91 Å². The molecule has 0 saturated carbocycles. The number of aryl methyl sites for hydroxylation is 2. The van der Waals surface area contributed by atoms with Crippen LogP contribution in [0.4, 0.5) is 4.39 Å². The number of nitrogens with one attached hydrogen (secondary N) is 1. The molecule has 0 spiro atoms. The zero-order valence-electron chi connectivity index (χ0n) is 15.1. The molecule has 0 radical (unpaired) electrons. The summed E-state index contributed by atoms with van der Waals surface area (Å²) in [5, 5.41) is 6.99. The lowest BCUT2D eigenvalue weighted by molar-refractivity contribution is -0.132. The average Bonchev–Trinajstić information content (AvgIpc) is 3.08. The van der Waals surface area contributed by atoms with Crippen LogP contribution < -0.4 is 5.32 Å². The second-order valence-electron chi connectivity index (χ2n) is 6.77. The molecule has 1 saturated heterocycles. The first-order valence-electron chi connectivity index (χ1n) is 8.93. The number of benzene rings is 1. The molecule has 3 rings (SSSR count). The maximum Gasteiger partial charge on any atom is 0.254 e. The zero-order chi connectivity index (χ0) is 19.4. The fourth-order valence-corrected chi connectivity index (χ4v) is 3.54. The number of aromatic nitrogens is 2. The van der Waals surface area contributed by atoms with Crippen LogP contribution in [0.5, 0.6) is 0 Å². The number of carbonyl (C=O) groups excluding carboxylic acids is 2. The molecule has 1 N–H and O–H groups in total. The average molecular weight is 437 g/mol. The lowest BCUT2D eigenvalue weighted by Gasteiger charge is -2.32. The highest BCUT2D eigenvalue weighted by Gasteiger charge is 2.24. The van der Waals surface area contributed by atoms with Crippen molar-refractivity contribution in [3.8, 4) is 0 Å². The number of piperidine rings is 1. The summed E-state index contributed by atoms with van der Waals surface area (Å²) in [6, 6.07) is 4.94. The highest BCUT2D eigenvalue weighted by molar-refractivity contribution is 9.10. The van der Waals surface area contributed by atoms with E-state index in [2.05, 4.69) is 26.3 Å². The van der Waals surface area contributed by atoms with Gasteiger partial charge in [0.15, 0.2) is 0 Å². The molecule has 1 aliphatic heterocycles. The molecule has 2 aromatic rings.